The highest BCUT2D eigenvalue weighted by Gasteiger charge is 2.31. The van der Waals surface area contributed by atoms with Crippen LogP contribution in [0.5, 0.6) is 0 Å². The summed E-state index contributed by atoms with van der Waals surface area (Å²) >= 11 is 0. The van der Waals surface area contributed by atoms with Crippen LogP contribution in [0, 0.1) is 0 Å². The standard InChI is InChI=1S/C10H16F2N2/c1-9(2,3)7-6-8(10(4,11)12)14(5)13-7/h6H,1-5H3. The van der Waals surface area contributed by atoms with Gasteiger partial charge in [-0.15, -0.1) is 0 Å². The van der Waals surface area contributed by atoms with E-state index in [1.165, 1.54) is 10.7 Å². The molecule has 2 nitrogen and oxygen atoms in total. The van der Waals surface area contributed by atoms with Crippen molar-refractivity contribution in [1.29, 1.82) is 0 Å². The van der Waals surface area contributed by atoms with E-state index in [0.717, 1.165) is 6.92 Å². The Morgan fingerprint density at radius 3 is 1.93 bits per heavy atom. The fourth-order valence-electron chi connectivity index (χ4n) is 1.24. The van der Waals surface area contributed by atoms with Gasteiger partial charge >= 0.3 is 0 Å². The molecule has 0 spiro atoms. The monoisotopic (exact) mass is 202 g/mol. The summed E-state index contributed by atoms with van der Waals surface area (Å²) < 4.78 is 27.4. The third kappa shape index (κ3) is 2.11. The van der Waals surface area contributed by atoms with Crippen molar-refractivity contribution >= 4 is 0 Å². The molecule has 0 aromatic carbocycles. The molecule has 80 valence electrons. The third-order valence-corrected chi connectivity index (χ3v) is 2.10. The number of hydrogen-bond donors (Lipinski definition) is 0. The van der Waals surface area contributed by atoms with Gasteiger partial charge in [-0.2, -0.15) is 13.9 Å². The topological polar surface area (TPSA) is 17.8 Å². The van der Waals surface area contributed by atoms with Crippen molar-refractivity contribution in [2.24, 2.45) is 7.05 Å². The van der Waals surface area contributed by atoms with E-state index in [2.05, 4.69) is 5.10 Å². The Morgan fingerprint density at radius 1 is 1.21 bits per heavy atom. The second-order valence-electron chi connectivity index (χ2n) is 4.68. The van der Waals surface area contributed by atoms with Crippen molar-refractivity contribution in [3.8, 4) is 0 Å². The zero-order valence-electron chi connectivity index (χ0n) is 9.23. The van der Waals surface area contributed by atoms with Gasteiger partial charge in [0.05, 0.1) is 5.69 Å². The normalized spacial score (nSPS) is 13.4. The Kier molecular flexibility index (Phi) is 2.42. The average Bonchev–Trinajstić information content (AvgIpc) is 2.27. The van der Waals surface area contributed by atoms with Crippen LogP contribution in [-0.4, -0.2) is 9.78 Å². The zero-order valence-corrected chi connectivity index (χ0v) is 9.23. The molecule has 1 heterocycles. The summed E-state index contributed by atoms with van der Waals surface area (Å²) in [6.45, 7) is 6.74. The van der Waals surface area contributed by atoms with Crippen molar-refractivity contribution in [2.75, 3.05) is 0 Å². The lowest BCUT2D eigenvalue weighted by molar-refractivity contribution is 0.00883. The fraction of sp³-hybridized carbons (Fsp3) is 0.700. The van der Waals surface area contributed by atoms with Gasteiger partial charge in [0.2, 0.25) is 0 Å². The maximum absolute atomic E-state index is 13.1. The van der Waals surface area contributed by atoms with Gasteiger partial charge in [-0.3, -0.25) is 4.68 Å². The Labute approximate surface area is 82.9 Å². The van der Waals surface area contributed by atoms with Gasteiger partial charge in [-0.25, -0.2) is 0 Å². The van der Waals surface area contributed by atoms with Crippen LogP contribution in [-0.2, 0) is 18.4 Å². The maximum atomic E-state index is 13.1. The molecule has 4 heteroatoms. The number of halogens is 2. The highest BCUT2D eigenvalue weighted by atomic mass is 19.3. The Hall–Kier alpha value is -0.930. The van der Waals surface area contributed by atoms with E-state index >= 15 is 0 Å². The predicted octanol–water partition coefficient (Wildman–Crippen LogP) is 2.83. The quantitative estimate of drug-likeness (QED) is 0.684. The van der Waals surface area contributed by atoms with Gasteiger partial charge in [0, 0.05) is 19.4 Å². The van der Waals surface area contributed by atoms with Crippen LogP contribution in [0.4, 0.5) is 8.78 Å². The van der Waals surface area contributed by atoms with Gasteiger partial charge in [0.15, 0.2) is 0 Å². The number of aryl methyl sites for hydroxylation is 1. The molecule has 1 rings (SSSR count). The van der Waals surface area contributed by atoms with Crippen molar-refractivity contribution in [2.45, 2.75) is 39.0 Å². The molecule has 0 unspecified atom stereocenters. The minimum absolute atomic E-state index is 0.0394. The molecule has 0 fully saturated rings. The smallest absolute Gasteiger partial charge is 0.266 e. The fourth-order valence-corrected chi connectivity index (χ4v) is 1.24. The van der Waals surface area contributed by atoms with E-state index in [4.69, 9.17) is 0 Å². The molecule has 0 aliphatic heterocycles. The average molecular weight is 202 g/mol. The molecule has 0 saturated carbocycles. The number of alkyl halides is 2. The lowest BCUT2D eigenvalue weighted by Crippen LogP contribution is -2.13. The lowest BCUT2D eigenvalue weighted by atomic mass is 9.92. The minimum atomic E-state index is -2.83. The molecule has 1 aromatic heterocycles. The van der Waals surface area contributed by atoms with E-state index in [1.54, 1.807) is 7.05 Å². The lowest BCUT2D eigenvalue weighted by Gasteiger charge is -2.13. The molecule has 0 aliphatic rings. The molecule has 0 radical (unpaired) electrons. The summed E-state index contributed by atoms with van der Waals surface area (Å²) in [4.78, 5) is 0. The summed E-state index contributed by atoms with van der Waals surface area (Å²) in [7, 11) is 1.54. The zero-order chi connectivity index (χ0) is 11.1. The second kappa shape index (κ2) is 3.04. The summed E-state index contributed by atoms with van der Waals surface area (Å²) in [6.07, 6.45) is 0. The molecule has 14 heavy (non-hydrogen) atoms. The first-order valence-electron chi connectivity index (χ1n) is 4.55. The van der Waals surface area contributed by atoms with Gasteiger partial charge in [0.25, 0.3) is 5.92 Å². The highest BCUT2D eigenvalue weighted by Crippen LogP contribution is 2.30. The van der Waals surface area contributed by atoms with Crippen molar-refractivity contribution < 1.29 is 8.78 Å². The third-order valence-electron chi connectivity index (χ3n) is 2.10. The minimum Gasteiger partial charge on any atom is -0.266 e. The van der Waals surface area contributed by atoms with Crippen LogP contribution >= 0.6 is 0 Å². The molecule has 0 bridgehead atoms. The summed E-state index contributed by atoms with van der Waals surface area (Å²) in [5.74, 6) is -2.83. The van der Waals surface area contributed by atoms with Crippen LogP contribution in [0.1, 0.15) is 39.1 Å². The second-order valence-corrected chi connectivity index (χ2v) is 4.68. The molecule has 0 aliphatic carbocycles. The Bertz CT molecular complexity index is 329. The van der Waals surface area contributed by atoms with Crippen molar-refractivity contribution in [1.82, 2.24) is 9.78 Å². The highest BCUT2D eigenvalue weighted by molar-refractivity contribution is 5.20. The van der Waals surface area contributed by atoms with Crippen molar-refractivity contribution in [3.63, 3.8) is 0 Å². The van der Waals surface area contributed by atoms with Crippen LogP contribution in [0.15, 0.2) is 6.07 Å². The van der Waals surface area contributed by atoms with Gasteiger partial charge in [-0.05, 0) is 6.07 Å². The molecule has 0 atom stereocenters. The summed E-state index contributed by atoms with van der Waals surface area (Å²) in [5.41, 5.74) is 0.459. The molecule has 1 aromatic rings. The van der Waals surface area contributed by atoms with E-state index in [-0.39, 0.29) is 11.1 Å². The van der Waals surface area contributed by atoms with Crippen LogP contribution in [0.3, 0.4) is 0 Å². The maximum Gasteiger partial charge on any atom is 0.286 e. The number of aromatic nitrogens is 2. The van der Waals surface area contributed by atoms with Gasteiger partial charge in [-0.1, -0.05) is 20.8 Å². The van der Waals surface area contributed by atoms with Gasteiger partial charge < -0.3 is 0 Å². The SMILES string of the molecule is Cn1nc(C(C)(C)C)cc1C(C)(F)F. The Balaban J connectivity index is 3.19. The molecule has 0 saturated heterocycles. The number of nitrogens with zero attached hydrogens (tertiary/aromatic N) is 2. The largest absolute Gasteiger partial charge is 0.286 e. The number of hydrogen-bond acceptors (Lipinski definition) is 1. The van der Waals surface area contributed by atoms with E-state index in [9.17, 15) is 8.78 Å². The predicted molar refractivity (Wildman–Crippen MR) is 51.5 cm³/mol. The molecular formula is C10H16F2N2. The van der Waals surface area contributed by atoms with E-state index < -0.39 is 5.92 Å². The van der Waals surface area contributed by atoms with Crippen LogP contribution in [0.25, 0.3) is 0 Å². The Morgan fingerprint density at radius 2 is 1.71 bits per heavy atom. The van der Waals surface area contributed by atoms with E-state index in [0.29, 0.717) is 5.69 Å². The van der Waals surface area contributed by atoms with Gasteiger partial charge in [0.1, 0.15) is 5.69 Å². The molecular weight excluding hydrogens is 186 g/mol. The van der Waals surface area contributed by atoms with Crippen LogP contribution < -0.4 is 0 Å². The number of rotatable bonds is 1. The summed E-state index contributed by atoms with van der Waals surface area (Å²) in [5, 5.41) is 4.09. The first-order valence-corrected chi connectivity index (χ1v) is 4.55. The first kappa shape index (κ1) is 11.1. The summed E-state index contributed by atoms with van der Waals surface area (Å²) in [6, 6.07) is 1.47. The van der Waals surface area contributed by atoms with Crippen molar-refractivity contribution in [3.05, 3.63) is 17.5 Å². The molecule has 0 amide bonds. The van der Waals surface area contributed by atoms with Crippen LogP contribution in [0.2, 0.25) is 0 Å². The first-order chi connectivity index (χ1) is 6.12. The molecule has 0 N–H and O–H groups in total. The van der Waals surface area contributed by atoms with E-state index in [1.807, 2.05) is 20.8 Å².